The molecule has 10 nitrogen and oxygen atoms in total. The zero-order valence-corrected chi connectivity index (χ0v) is 25.3. The zero-order chi connectivity index (χ0) is 31.2. The van der Waals surface area contributed by atoms with E-state index in [1.807, 2.05) is 80.6 Å². The first kappa shape index (κ1) is 30.2. The van der Waals surface area contributed by atoms with Gasteiger partial charge in [0.2, 0.25) is 5.79 Å². The molecular formula is C35H36N2O8. The smallest absolute Gasteiger partial charge is 0.410 e. The van der Waals surface area contributed by atoms with E-state index >= 15 is 0 Å². The van der Waals surface area contributed by atoms with E-state index in [2.05, 4.69) is 5.32 Å². The summed E-state index contributed by atoms with van der Waals surface area (Å²) in [5.74, 6) is 0.845. The summed E-state index contributed by atoms with van der Waals surface area (Å²) < 4.78 is 34.0. The Kier molecular flexibility index (Phi) is 9.04. The van der Waals surface area contributed by atoms with Crippen molar-refractivity contribution < 1.29 is 37.7 Å². The van der Waals surface area contributed by atoms with Crippen LogP contribution in [0.15, 0.2) is 89.5 Å². The molecular weight excluding hydrogens is 576 g/mol. The van der Waals surface area contributed by atoms with Gasteiger partial charge in [0.15, 0.2) is 5.76 Å². The predicted octanol–water partition coefficient (Wildman–Crippen LogP) is 6.51. The number of nitrogens with one attached hydrogen (secondary N) is 1. The molecule has 1 fully saturated rings. The summed E-state index contributed by atoms with van der Waals surface area (Å²) in [5.41, 5.74) is 4.58. The quantitative estimate of drug-likeness (QED) is 0.181. The van der Waals surface area contributed by atoms with Crippen LogP contribution >= 0.6 is 0 Å². The lowest BCUT2D eigenvalue weighted by molar-refractivity contribution is -0.180. The van der Waals surface area contributed by atoms with Crippen molar-refractivity contribution in [3.8, 4) is 11.5 Å². The first-order valence-corrected chi connectivity index (χ1v) is 15.0. The highest BCUT2D eigenvalue weighted by atomic mass is 16.7. The monoisotopic (exact) mass is 612 g/mol. The molecule has 1 atom stereocenters. The number of benzene rings is 3. The van der Waals surface area contributed by atoms with Gasteiger partial charge in [0.1, 0.15) is 24.2 Å². The van der Waals surface area contributed by atoms with Crippen molar-refractivity contribution in [1.29, 1.82) is 0 Å². The summed E-state index contributed by atoms with van der Waals surface area (Å²) in [6.45, 7) is 6.47. The van der Waals surface area contributed by atoms with Crippen LogP contribution in [-0.4, -0.2) is 49.0 Å². The third-order valence-electron chi connectivity index (χ3n) is 7.56. The van der Waals surface area contributed by atoms with E-state index in [9.17, 15) is 9.59 Å². The fraction of sp³-hybridized carbons (Fsp3) is 0.314. The number of cyclic esters (lactones) is 1. The number of hydrogen-bond donors (Lipinski definition) is 1. The van der Waals surface area contributed by atoms with Crippen molar-refractivity contribution in [2.75, 3.05) is 31.6 Å². The molecule has 3 heterocycles. The summed E-state index contributed by atoms with van der Waals surface area (Å²) in [6, 6.07) is 24.5. The van der Waals surface area contributed by atoms with Gasteiger partial charge < -0.3 is 38.3 Å². The topological polar surface area (TPSA) is 109 Å². The summed E-state index contributed by atoms with van der Waals surface area (Å²) >= 11 is 0. The maximum Gasteiger partial charge on any atom is 0.410 e. The molecule has 0 saturated carbocycles. The van der Waals surface area contributed by atoms with Gasteiger partial charge >= 0.3 is 6.09 Å². The first-order chi connectivity index (χ1) is 21.8. The van der Waals surface area contributed by atoms with Gasteiger partial charge in [-0.15, -0.1) is 0 Å². The standard InChI is InChI=1S/C35H36N2O8/c1-35(2)43-23-27-20-26(10-13-30(27)45-35)32-21-37(34(39)44-32)15-14-24-8-11-29(12-9-24)41-18-17-40-22-25-5-3-6-28(19-25)36-33(38)31-7-4-16-42-31/h3-13,16,19-20,32H,14-15,17-18,21-23H2,1-2H3,(H,36,38)/t32-/m0/s1. The minimum Gasteiger partial charge on any atom is -0.491 e. The second-order valence-electron chi connectivity index (χ2n) is 11.4. The molecule has 1 saturated heterocycles. The third-order valence-corrected chi connectivity index (χ3v) is 7.56. The Labute approximate surface area is 261 Å². The molecule has 1 N–H and O–H groups in total. The molecule has 6 rings (SSSR count). The van der Waals surface area contributed by atoms with Crippen molar-refractivity contribution in [3.63, 3.8) is 0 Å². The molecule has 234 valence electrons. The molecule has 4 aromatic rings. The summed E-state index contributed by atoms with van der Waals surface area (Å²) in [7, 11) is 0. The van der Waals surface area contributed by atoms with Crippen LogP contribution in [0.4, 0.5) is 10.5 Å². The van der Waals surface area contributed by atoms with Gasteiger partial charge in [-0.25, -0.2) is 4.79 Å². The van der Waals surface area contributed by atoms with E-state index in [1.54, 1.807) is 17.0 Å². The lowest BCUT2D eigenvalue weighted by Crippen LogP contribution is -2.35. The minimum absolute atomic E-state index is 0.255. The lowest BCUT2D eigenvalue weighted by Gasteiger charge is -2.32. The van der Waals surface area contributed by atoms with Crippen molar-refractivity contribution in [1.82, 2.24) is 4.90 Å². The summed E-state index contributed by atoms with van der Waals surface area (Å²) in [5, 5.41) is 2.81. The van der Waals surface area contributed by atoms with Crippen LogP contribution in [0.5, 0.6) is 11.5 Å². The second kappa shape index (κ2) is 13.5. The molecule has 1 aromatic heterocycles. The van der Waals surface area contributed by atoms with Gasteiger partial charge in [0.05, 0.1) is 32.6 Å². The van der Waals surface area contributed by atoms with E-state index in [0.29, 0.717) is 51.6 Å². The number of furan rings is 1. The Balaban J connectivity index is 0.901. The number of amides is 2. The van der Waals surface area contributed by atoms with Gasteiger partial charge in [0, 0.05) is 31.6 Å². The lowest BCUT2D eigenvalue weighted by atomic mass is 10.0. The highest BCUT2D eigenvalue weighted by Gasteiger charge is 2.33. The molecule has 0 radical (unpaired) electrons. The Morgan fingerprint density at radius 3 is 2.69 bits per heavy atom. The van der Waals surface area contributed by atoms with Crippen molar-refractivity contribution in [2.24, 2.45) is 0 Å². The van der Waals surface area contributed by atoms with E-state index in [1.165, 1.54) is 6.26 Å². The number of rotatable bonds is 12. The van der Waals surface area contributed by atoms with Crippen LogP contribution in [0.3, 0.4) is 0 Å². The zero-order valence-electron chi connectivity index (χ0n) is 25.3. The number of ether oxygens (including phenoxy) is 5. The van der Waals surface area contributed by atoms with Crippen molar-refractivity contribution in [3.05, 3.63) is 113 Å². The minimum atomic E-state index is -0.650. The first-order valence-electron chi connectivity index (χ1n) is 15.0. The molecule has 10 heteroatoms. The number of carbonyl (C=O) groups excluding carboxylic acids is 2. The van der Waals surface area contributed by atoms with Crippen molar-refractivity contribution >= 4 is 17.7 Å². The normalized spacial score (nSPS) is 16.9. The molecule has 2 aliphatic rings. The van der Waals surface area contributed by atoms with Gasteiger partial charge in [-0.2, -0.15) is 0 Å². The Bertz CT molecular complexity index is 1620. The number of carbonyl (C=O) groups is 2. The van der Waals surface area contributed by atoms with Crippen LogP contribution in [0.1, 0.15) is 52.8 Å². The molecule has 0 bridgehead atoms. The van der Waals surface area contributed by atoms with E-state index in [-0.39, 0.29) is 23.9 Å². The number of fused-ring (bicyclic) bond motifs is 1. The molecule has 2 amide bonds. The van der Waals surface area contributed by atoms with Gasteiger partial charge in [-0.3, -0.25) is 4.79 Å². The highest BCUT2D eigenvalue weighted by molar-refractivity contribution is 6.02. The SMILES string of the molecule is CC1(C)OCc2cc([C@@H]3CN(CCc4ccc(OCCOCc5cccc(NC(=O)c6ccco6)c5)cc4)C(=O)O3)ccc2O1. The maximum atomic E-state index is 12.6. The molecule has 2 aliphatic heterocycles. The largest absolute Gasteiger partial charge is 0.491 e. The fourth-order valence-corrected chi connectivity index (χ4v) is 5.19. The van der Waals surface area contributed by atoms with E-state index in [4.69, 9.17) is 28.1 Å². The third kappa shape index (κ3) is 7.84. The van der Waals surface area contributed by atoms with Crippen LogP contribution in [0.2, 0.25) is 0 Å². The Morgan fingerprint density at radius 2 is 1.87 bits per heavy atom. The Morgan fingerprint density at radius 1 is 1.00 bits per heavy atom. The average Bonchev–Trinajstić information content (AvgIpc) is 3.70. The fourth-order valence-electron chi connectivity index (χ4n) is 5.19. The molecule has 0 unspecified atom stereocenters. The van der Waals surface area contributed by atoms with Crippen LogP contribution < -0.4 is 14.8 Å². The average molecular weight is 613 g/mol. The van der Waals surface area contributed by atoms with Gasteiger partial charge in [0.25, 0.3) is 5.91 Å². The van der Waals surface area contributed by atoms with Crippen LogP contribution in [0.25, 0.3) is 0 Å². The second-order valence-corrected chi connectivity index (χ2v) is 11.4. The predicted molar refractivity (Wildman–Crippen MR) is 165 cm³/mol. The number of nitrogens with zero attached hydrogens (tertiary/aromatic N) is 1. The highest BCUT2D eigenvalue weighted by Crippen LogP contribution is 2.35. The summed E-state index contributed by atoms with van der Waals surface area (Å²) in [6.07, 6.45) is 1.53. The molecule has 3 aromatic carbocycles. The Hall–Kier alpha value is -4.80. The summed E-state index contributed by atoms with van der Waals surface area (Å²) in [4.78, 5) is 26.5. The van der Waals surface area contributed by atoms with Gasteiger partial charge in [-0.05, 0) is 71.6 Å². The number of hydrogen-bond acceptors (Lipinski definition) is 8. The number of anilines is 1. The van der Waals surface area contributed by atoms with E-state index in [0.717, 1.165) is 33.8 Å². The maximum absolute atomic E-state index is 12.6. The molecule has 0 spiro atoms. The molecule has 45 heavy (non-hydrogen) atoms. The molecule has 0 aliphatic carbocycles. The van der Waals surface area contributed by atoms with Crippen LogP contribution in [-0.2, 0) is 33.8 Å². The van der Waals surface area contributed by atoms with Crippen molar-refractivity contribution in [2.45, 2.75) is 45.4 Å². The van der Waals surface area contributed by atoms with Gasteiger partial charge in [-0.1, -0.05) is 30.3 Å². The van der Waals surface area contributed by atoms with E-state index < -0.39 is 5.79 Å². The van der Waals surface area contributed by atoms with Crippen LogP contribution in [0, 0.1) is 0 Å².